The number of hydrogen-bond acceptors (Lipinski definition) is 4. The van der Waals surface area contributed by atoms with Crippen molar-refractivity contribution < 1.29 is 14.0 Å². The maximum Gasteiger partial charge on any atom is 0.174 e. The van der Waals surface area contributed by atoms with E-state index >= 15 is 0 Å². The molecule has 0 saturated heterocycles. The smallest absolute Gasteiger partial charge is 0.174 e. The van der Waals surface area contributed by atoms with Gasteiger partial charge in [0.05, 0.1) is 19.8 Å². The minimum Gasteiger partial charge on any atom is -0.497 e. The van der Waals surface area contributed by atoms with Gasteiger partial charge >= 0.3 is 0 Å². The van der Waals surface area contributed by atoms with Crippen LogP contribution >= 0.6 is 0 Å². The quantitative estimate of drug-likeness (QED) is 0.255. The van der Waals surface area contributed by atoms with Crippen LogP contribution in [0.25, 0.3) is 28.7 Å². The van der Waals surface area contributed by atoms with Crippen molar-refractivity contribution in [2.75, 3.05) is 14.2 Å². The predicted octanol–water partition coefficient (Wildman–Crippen LogP) is 8.18. The maximum absolute atomic E-state index is 5.83. The van der Waals surface area contributed by atoms with Crippen LogP contribution in [0.3, 0.4) is 0 Å². The summed E-state index contributed by atoms with van der Waals surface area (Å²) in [6.07, 6.45) is 14.7. The average molecular weight is 434 g/mol. The fraction of sp³-hybridized carbons (Fsp3) is 0.393. The summed E-state index contributed by atoms with van der Waals surface area (Å²) in [6.45, 7) is 2.26. The lowest BCUT2D eigenvalue weighted by atomic mass is 10.0. The molecule has 0 aliphatic rings. The van der Waals surface area contributed by atoms with Crippen molar-refractivity contribution in [3.05, 3.63) is 60.2 Å². The molecule has 2 aromatic carbocycles. The number of unbranched alkanes of at least 4 members (excludes halogenated alkanes) is 7. The third-order valence-electron chi connectivity index (χ3n) is 5.70. The van der Waals surface area contributed by atoms with Crippen LogP contribution < -0.4 is 9.47 Å². The molecule has 170 valence electrons. The lowest BCUT2D eigenvalue weighted by Crippen LogP contribution is -1.86. The molecule has 32 heavy (non-hydrogen) atoms. The highest BCUT2D eigenvalue weighted by Crippen LogP contribution is 2.34. The molecule has 4 nitrogen and oxygen atoms in total. The van der Waals surface area contributed by atoms with E-state index in [1.54, 1.807) is 14.2 Å². The van der Waals surface area contributed by atoms with Crippen LogP contribution in [0.2, 0.25) is 0 Å². The minimum atomic E-state index is 0.772. The van der Waals surface area contributed by atoms with E-state index in [0.29, 0.717) is 0 Å². The molecule has 0 spiro atoms. The molecule has 0 bridgehead atoms. The molecule has 0 aliphatic carbocycles. The predicted molar refractivity (Wildman–Crippen MR) is 132 cm³/mol. The Labute approximate surface area is 192 Å². The first-order valence-electron chi connectivity index (χ1n) is 11.7. The molecular weight excluding hydrogens is 398 g/mol. The SMILES string of the molecule is CCCCCCCCC/C=C/c1c(-c2ccc(OC)cc2)noc1-c1ccc(OC)cc1. The Morgan fingerprint density at radius 1 is 0.750 bits per heavy atom. The third kappa shape index (κ3) is 6.49. The normalized spacial score (nSPS) is 11.2. The van der Waals surface area contributed by atoms with Gasteiger partial charge in [0.25, 0.3) is 0 Å². The lowest BCUT2D eigenvalue weighted by Gasteiger charge is -2.04. The maximum atomic E-state index is 5.83. The number of nitrogens with zero attached hydrogens (tertiary/aromatic N) is 1. The number of rotatable bonds is 13. The molecule has 0 fully saturated rings. The van der Waals surface area contributed by atoms with Crippen molar-refractivity contribution in [1.29, 1.82) is 0 Å². The van der Waals surface area contributed by atoms with Gasteiger partial charge in [0.2, 0.25) is 0 Å². The van der Waals surface area contributed by atoms with Crippen LogP contribution in [-0.2, 0) is 0 Å². The number of allylic oxidation sites excluding steroid dienone is 1. The molecule has 1 aromatic heterocycles. The summed E-state index contributed by atoms with van der Waals surface area (Å²) in [5.74, 6) is 2.41. The molecule has 3 rings (SSSR count). The second-order valence-corrected chi connectivity index (χ2v) is 8.04. The molecule has 0 unspecified atom stereocenters. The van der Waals surface area contributed by atoms with E-state index in [4.69, 9.17) is 14.0 Å². The highest BCUT2D eigenvalue weighted by molar-refractivity contribution is 5.81. The van der Waals surface area contributed by atoms with E-state index in [1.165, 1.54) is 44.9 Å². The zero-order valence-corrected chi connectivity index (χ0v) is 19.6. The van der Waals surface area contributed by atoms with E-state index in [0.717, 1.165) is 46.1 Å². The zero-order chi connectivity index (χ0) is 22.6. The monoisotopic (exact) mass is 433 g/mol. The van der Waals surface area contributed by atoms with Gasteiger partial charge in [0.15, 0.2) is 5.76 Å². The van der Waals surface area contributed by atoms with E-state index < -0.39 is 0 Å². The first kappa shape index (κ1) is 23.6. The molecule has 3 aromatic rings. The van der Waals surface area contributed by atoms with Crippen molar-refractivity contribution in [2.45, 2.75) is 58.3 Å². The van der Waals surface area contributed by atoms with Gasteiger partial charge < -0.3 is 14.0 Å². The fourth-order valence-corrected chi connectivity index (χ4v) is 3.78. The van der Waals surface area contributed by atoms with Crippen molar-refractivity contribution in [1.82, 2.24) is 5.16 Å². The molecule has 0 amide bonds. The van der Waals surface area contributed by atoms with Crippen LogP contribution in [0.5, 0.6) is 11.5 Å². The first-order valence-corrected chi connectivity index (χ1v) is 11.7. The topological polar surface area (TPSA) is 44.5 Å². The van der Waals surface area contributed by atoms with Crippen molar-refractivity contribution >= 4 is 6.08 Å². The van der Waals surface area contributed by atoms with Crippen LogP contribution in [0.4, 0.5) is 0 Å². The molecule has 0 saturated carbocycles. The first-order chi connectivity index (χ1) is 15.8. The summed E-state index contributed by atoms with van der Waals surface area (Å²) in [4.78, 5) is 0. The number of benzene rings is 2. The number of ether oxygens (including phenoxy) is 2. The summed E-state index contributed by atoms with van der Waals surface area (Å²) in [5, 5.41) is 4.42. The van der Waals surface area contributed by atoms with Gasteiger partial charge in [-0.3, -0.25) is 0 Å². The lowest BCUT2D eigenvalue weighted by molar-refractivity contribution is 0.414. The third-order valence-corrected chi connectivity index (χ3v) is 5.70. The number of methoxy groups -OCH3 is 2. The van der Waals surface area contributed by atoms with E-state index in [2.05, 4.69) is 24.2 Å². The average Bonchev–Trinajstić information content (AvgIpc) is 3.27. The second-order valence-electron chi connectivity index (χ2n) is 8.04. The Kier molecular flexibility index (Phi) is 9.42. The van der Waals surface area contributed by atoms with E-state index in [1.807, 2.05) is 48.5 Å². The molecule has 0 N–H and O–H groups in total. The number of aromatic nitrogens is 1. The number of hydrogen-bond donors (Lipinski definition) is 0. The molecule has 1 heterocycles. The Morgan fingerprint density at radius 3 is 1.91 bits per heavy atom. The summed E-state index contributed by atoms with van der Waals surface area (Å²) >= 11 is 0. The van der Waals surface area contributed by atoms with Gasteiger partial charge in [0.1, 0.15) is 17.2 Å². The standard InChI is InChI=1S/C28H35NO3/c1-4-5-6-7-8-9-10-11-12-13-26-27(22-14-18-24(30-2)19-15-22)29-32-28(26)23-16-20-25(31-3)21-17-23/h12-21H,4-11H2,1-3H3/b13-12+. The van der Waals surface area contributed by atoms with Gasteiger partial charge in [0, 0.05) is 11.1 Å². The Hall–Kier alpha value is -3.01. The Bertz CT molecular complexity index is 890. The molecule has 0 radical (unpaired) electrons. The van der Waals surface area contributed by atoms with Crippen LogP contribution in [-0.4, -0.2) is 19.4 Å². The highest BCUT2D eigenvalue weighted by atomic mass is 16.5. The second kappa shape index (κ2) is 12.7. The minimum absolute atomic E-state index is 0.772. The van der Waals surface area contributed by atoms with Crippen molar-refractivity contribution in [3.8, 4) is 34.1 Å². The largest absolute Gasteiger partial charge is 0.497 e. The summed E-state index contributed by atoms with van der Waals surface area (Å²) in [5.41, 5.74) is 3.83. The van der Waals surface area contributed by atoms with Gasteiger partial charge in [-0.25, -0.2) is 0 Å². The van der Waals surface area contributed by atoms with E-state index in [9.17, 15) is 0 Å². The highest BCUT2D eigenvalue weighted by Gasteiger charge is 2.17. The summed E-state index contributed by atoms with van der Waals surface area (Å²) in [7, 11) is 3.34. The molecule has 0 aliphatic heterocycles. The van der Waals surface area contributed by atoms with Crippen LogP contribution in [0.15, 0.2) is 59.1 Å². The van der Waals surface area contributed by atoms with Gasteiger partial charge in [-0.2, -0.15) is 0 Å². The fourth-order valence-electron chi connectivity index (χ4n) is 3.78. The Morgan fingerprint density at radius 2 is 1.31 bits per heavy atom. The molecule has 4 heteroatoms. The van der Waals surface area contributed by atoms with Gasteiger partial charge in [-0.1, -0.05) is 62.8 Å². The van der Waals surface area contributed by atoms with Crippen LogP contribution in [0.1, 0.15) is 63.9 Å². The van der Waals surface area contributed by atoms with Gasteiger partial charge in [-0.05, 0) is 61.4 Å². The van der Waals surface area contributed by atoms with Gasteiger partial charge in [-0.15, -0.1) is 0 Å². The zero-order valence-electron chi connectivity index (χ0n) is 19.6. The van der Waals surface area contributed by atoms with E-state index in [-0.39, 0.29) is 0 Å². The van der Waals surface area contributed by atoms with Crippen molar-refractivity contribution in [3.63, 3.8) is 0 Å². The molecular formula is C28H35NO3. The summed E-state index contributed by atoms with van der Waals surface area (Å²) < 4.78 is 16.4. The summed E-state index contributed by atoms with van der Waals surface area (Å²) in [6, 6.07) is 15.8. The molecule has 0 atom stereocenters. The van der Waals surface area contributed by atoms with Crippen molar-refractivity contribution in [2.24, 2.45) is 0 Å². The van der Waals surface area contributed by atoms with Crippen LogP contribution in [0, 0.1) is 0 Å². The Balaban J connectivity index is 1.76.